The highest BCUT2D eigenvalue weighted by Crippen LogP contribution is 2.14. The summed E-state index contributed by atoms with van der Waals surface area (Å²) in [5, 5.41) is 0. The van der Waals surface area contributed by atoms with Crippen LogP contribution in [0.1, 0.15) is 38.3 Å². The SMILES string of the molecule is C.C=Cc1ccc(C(C)C)cc1. The highest BCUT2D eigenvalue weighted by Gasteiger charge is 1.95. The zero-order valence-corrected chi connectivity index (χ0v) is 7.17. The van der Waals surface area contributed by atoms with E-state index in [2.05, 4.69) is 44.7 Å². The molecule has 1 aromatic rings. The van der Waals surface area contributed by atoms with Crippen molar-refractivity contribution in [2.45, 2.75) is 27.2 Å². The van der Waals surface area contributed by atoms with Crippen molar-refractivity contribution in [1.82, 2.24) is 0 Å². The first kappa shape index (κ1) is 11.0. The molecule has 0 spiro atoms. The molecular weight excluding hydrogens is 144 g/mol. The van der Waals surface area contributed by atoms with Crippen LogP contribution in [0.5, 0.6) is 0 Å². The molecule has 0 aliphatic heterocycles. The zero-order chi connectivity index (χ0) is 8.27. The summed E-state index contributed by atoms with van der Waals surface area (Å²) in [6, 6.07) is 8.51. The van der Waals surface area contributed by atoms with Crippen LogP contribution in [0.25, 0.3) is 6.08 Å². The first-order valence-electron chi connectivity index (χ1n) is 3.96. The summed E-state index contributed by atoms with van der Waals surface area (Å²) in [6.07, 6.45) is 1.87. The van der Waals surface area contributed by atoms with Crippen LogP contribution < -0.4 is 0 Å². The van der Waals surface area contributed by atoms with Crippen molar-refractivity contribution in [3.8, 4) is 0 Å². The van der Waals surface area contributed by atoms with E-state index in [-0.39, 0.29) is 7.43 Å². The number of hydrogen-bond acceptors (Lipinski definition) is 0. The molecule has 0 saturated carbocycles. The molecule has 1 aromatic carbocycles. The monoisotopic (exact) mass is 162 g/mol. The lowest BCUT2D eigenvalue weighted by atomic mass is 10.0. The van der Waals surface area contributed by atoms with Crippen molar-refractivity contribution in [1.29, 1.82) is 0 Å². The average Bonchev–Trinajstić information content (AvgIpc) is 2.05. The Morgan fingerprint density at radius 1 is 1.17 bits per heavy atom. The summed E-state index contributed by atoms with van der Waals surface area (Å²) < 4.78 is 0. The molecule has 0 nitrogen and oxygen atoms in total. The smallest absolute Gasteiger partial charge is 0.0219 e. The molecule has 0 bridgehead atoms. The van der Waals surface area contributed by atoms with Gasteiger partial charge in [-0.3, -0.25) is 0 Å². The van der Waals surface area contributed by atoms with E-state index in [1.54, 1.807) is 0 Å². The first-order chi connectivity index (χ1) is 5.24. The largest absolute Gasteiger partial charge is 0.0985 e. The van der Waals surface area contributed by atoms with Crippen LogP contribution in [0, 0.1) is 0 Å². The minimum atomic E-state index is 0. The standard InChI is InChI=1S/C11H14.CH4/c1-4-10-5-7-11(8-6-10)9(2)3;/h4-9H,1H2,2-3H3;1H4. The Labute approximate surface area is 75.9 Å². The fourth-order valence-electron chi connectivity index (χ4n) is 1.02. The minimum Gasteiger partial charge on any atom is -0.0985 e. The van der Waals surface area contributed by atoms with E-state index < -0.39 is 0 Å². The van der Waals surface area contributed by atoms with Crippen molar-refractivity contribution in [2.24, 2.45) is 0 Å². The van der Waals surface area contributed by atoms with E-state index in [0.29, 0.717) is 5.92 Å². The molecule has 12 heavy (non-hydrogen) atoms. The number of hydrogen-bond donors (Lipinski definition) is 0. The van der Waals surface area contributed by atoms with Crippen molar-refractivity contribution in [3.05, 3.63) is 42.0 Å². The van der Waals surface area contributed by atoms with Gasteiger partial charge < -0.3 is 0 Å². The molecule has 0 N–H and O–H groups in total. The van der Waals surface area contributed by atoms with Crippen molar-refractivity contribution in [3.63, 3.8) is 0 Å². The van der Waals surface area contributed by atoms with E-state index in [0.717, 1.165) is 0 Å². The van der Waals surface area contributed by atoms with E-state index >= 15 is 0 Å². The van der Waals surface area contributed by atoms with Crippen LogP contribution in [0.2, 0.25) is 0 Å². The lowest BCUT2D eigenvalue weighted by Gasteiger charge is -2.04. The second-order valence-electron chi connectivity index (χ2n) is 3.03. The zero-order valence-electron chi connectivity index (χ0n) is 7.17. The van der Waals surface area contributed by atoms with Crippen LogP contribution in [-0.4, -0.2) is 0 Å². The van der Waals surface area contributed by atoms with Gasteiger partial charge in [-0.05, 0) is 17.0 Å². The summed E-state index contributed by atoms with van der Waals surface area (Å²) in [6.45, 7) is 8.10. The molecule has 0 heterocycles. The third-order valence-electron chi connectivity index (χ3n) is 1.84. The van der Waals surface area contributed by atoms with Crippen LogP contribution >= 0.6 is 0 Å². The molecule has 0 aromatic heterocycles. The summed E-state index contributed by atoms with van der Waals surface area (Å²) in [5.74, 6) is 0.619. The highest BCUT2D eigenvalue weighted by molar-refractivity contribution is 5.47. The fourth-order valence-corrected chi connectivity index (χ4v) is 1.02. The lowest BCUT2D eigenvalue weighted by Crippen LogP contribution is -1.85. The lowest BCUT2D eigenvalue weighted by molar-refractivity contribution is 0.866. The average molecular weight is 162 g/mol. The quantitative estimate of drug-likeness (QED) is 0.614. The molecule has 0 aliphatic carbocycles. The predicted octanol–water partition coefficient (Wildman–Crippen LogP) is 4.09. The molecule has 0 amide bonds. The van der Waals surface area contributed by atoms with Crippen molar-refractivity contribution < 1.29 is 0 Å². The van der Waals surface area contributed by atoms with Gasteiger partial charge in [0.05, 0.1) is 0 Å². The van der Waals surface area contributed by atoms with Crippen molar-refractivity contribution >= 4 is 6.08 Å². The number of benzene rings is 1. The molecule has 0 aliphatic rings. The molecule has 0 fully saturated rings. The summed E-state index contributed by atoms with van der Waals surface area (Å²) >= 11 is 0. The van der Waals surface area contributed by atoms with E-state index in [4.69, 9.17) is 0 Å². The molecule has 0 atom stereocenters. The molecule has 66 valence electrons. The third-order valence-corrected chi connectivity index (χ3v) is 1.84. The minimum absolute atomic E-state index is 0. The third kappa shape index (κ3) is 2.54. The van der Waals surface area contributed by atoms with Gasteiger partial charge in [-0.25, -0.2) is 0 Å². The van der Waals surface area contributed by atoms with Gasteiger partial charge in [0, 0.05) is 0 Å². The maximum absolute atomic E-state index is 3.71. The molecular formula is C12H18. The van der Waals surface area contributed by atoms with Crippen LogP contribution in [0.4, 0.5) is 0 Å². The van der Waals surface area contributed by atoms with Gasteiger partial charge in [-0.1, -0.05) is 58.2 Å². The molecule has 0 saturated heterocycles. The van der Waals surface area contributed by atoms with Gasteiger partial charge in [-0.2, -0.15) is 0 Å². The first-order valence-corrected chi connectivity index (χ1v) is 3.96. The van der Waals surface area contributed by atoms with Crippen LogP contribution in [0.15, 0.2) is 30.8 Å². The second-order valence-corrected chi connectivity index (χ2v) is 3.03. The Morgan fingerprint density at radius 3 is 2.00 bits per heavy atom. The highest BCUT2D eigenvalue weighted by atomic mass is 14.0. The molecule has 1 rings (SSSR count). The molecule has 0 unspecified atom stereocenters. The Hall–Kier alpha value is -1.04. The van der Waals surface area contributed by atoms with Gasteiger partial charge in [0.2, 0.25) is 0 Å². The Morgan fingerprint density at radius 2 is 1.67 bits per heavy atom. The summed E-state index contributed by atoms with van der Waals surface area (Å²) in [4.78, 5) is 0. The summed E-state index contributed by atoms with van der Waals surface area (Å²) in [7, 11) is 0. The Bertz CT molecular complexity index is 229. The molecule has 0 heteroatoms. The van der Waals surface area contributed by atoms with Crippen LogP contribution in [0.3, 0.4) is 0 Å². The van der Waals surface area contributed by atoms with Crippen molar-refractivity contribution in [2.75, 3.05) is 0 Å². The van der Waals surface area contributed by atoms with Gasteiger partial charge in [0.25, 0.3) is 0 Å². The van der Waals surface area contributed by atoms with Gasteiger partial charge in [-0.15, -0.1) is 0 Å². The van der Waals surface area contributed by atoms with Gasteiger partial charge >= 0.3 is 0 Å². The maximum atomic E-state index is 3.71. The van der Waals surface area contributed by atoms with E-state index in [9.17, 15) is 0 Å². The fraction of sp³-hybridized carbons (Fsp3) is 0.333. The molecule has 0 radical (unpaired) electrons. The predicted molar refractivity (Wildman–Crippen MR) is 57.4 cm³/mol. The Kier molecular flexibility index (Phi) is 4.35. The maximum Gasteiger partial charge on any atom is -0.0219 e. The van der Waals surface area contributed by atoms with Crippen LogP contribution in [-0.2, 0) is 0 Å². The van der Waals surface area contributed by atoms with E-state index in [1.165, 1.54) is 11.1 Å². The topological polar surface area (TPSA) is 0 Å². The Balaban J connectivity index is 0.00000121. The summed E-state index contributed by atoms with van der Waals surface area (Å²) in [5.41, 5.74) is 2.57. The van der Waals surface area contributed by atoms with E-state index in [1.807, 2.05) is 6.08 Å². The van der Waals surface area contributed by atoms with Gasteiger partial charge in [0.1, 0.15) is 0 Å². The number of rotatable bonds is 2. The second kappa shape index (κ2) is 4.76. The van der Waals surface area contributed by atoms with Gasteiger partial charge in [0.15, 0.2) is 0 Å². The normalized spacial score (nSPS) is 9.25.